The summed E-state index contributed by atoms with van der Waals surface area (Å²) in [6, 6.07) is 14.4. The van der Waals surface area contributed by atoms with Crippen molar-refractivity contribution in [2.24, 2.45) is 0 Å². The Balaban J connectivity index is 1.85. The molecule has 0 aromatic heterocycles. The fourth-order valence-corrected chi connectivity index (χ4v) is 2.42. The fourth-order valence-electron chi connectivity index (χ4n) is 2.42. The summed E-state index contributed by atoms with van der Waals surface area (Å²) in [5.41, 5.74) is 1.75. The zero-order valence-electron chi connectivity index (χ0n) is 17.0. The van der Waals surface area contributed by atoms with Crippen molar-refractivity contribution in [2.75, 3.05) is 23.8 Å². The van der Waals surface area contributed by atoms with E-state index >= 15 is 0 Å². The fraction of sp³-hybridized carbons (Fsp3) is 0.364. The number of hydrogen-bond acceptors (Lipinski definition) is 4. The first-order chi connectivity index (χ1) is 13.3. The van der Waals surface area contributed by atoms with Crippen LogP contribution in [0.5, 0.6) is 5.75 Å². The number of amides is 2. The third-order valence-corrected chi connectivity index (χ3v) is 3.68. The molecule has 6 heteroatoms. The zero-order valence-corrected chi connectivity index (χ0v) is 17.0. The number of nitrogens with one attached hydrogen (secondary N) is 3. The van der Waals surface area contributed by atoms with Crippen molar-refractivity contribution in [1.82, 2.24) is 5.32 Å². The third kappa shape index (κ3) is 7.31. The quantitative estimate of drug-likeness (QED) is 0.642. The summed E-state index contributed by atoms with van der Waals surface area (Å²) < 4.78 is 5.57. The highest BCUT2D eigenvalue weighted by Crippen LogP contribution is 2.17. The van der Waals surface area contributed by atoms with Gasteiger partial charge in [-0.1, -0.05) is 13.0 Å². The molecule has 0 aliphatic heterocycles. The maximum Gasteiger partial charge on any atom is 0.251 e. The summed E-state index contributed by atoms with van der Waals surface area (Å²) in [6.45, 7) is 8.61. The number of carbonyl (C=O) groups excluding carboxylic acids is 2. The Labute approximate surface area is 166 Å². The Kier molecular flexibility index (Phi) is 7.44. The summed E-state index contributed by atoms with van der Waals surface area (Å²) in [4.78, 5) is 24.3. The lowest BCUT2D eigenvalue weighted by atomic mass is 10.1. The molecule has 0 heterocycles. The van der Waals surface area contributed by atoms with E-state index in [9.17, 15) is 9.59 Å². The van der Waals surface area contributed by atoms with Gasteiger partial charge in [0, 0.05) is 28.5 Å². The summed E-state index contributed by atoms with van der Waals surface area (Å²) in [6.07, 6.45) is 0.928. The highest BCUT2D eigenvalue weighted by atomic mass is 16.5. The van der Waals surface area contributed by atoms with E-state index in [-0.39, 0.29) is 23.9 Å². The molecule has 0 aliphatic carbocycles. The van der Waals surface area contributed by atoms with E-state index in [4.69, 9.17) is 4.74 Å². The predicted molar refractivity (Wildman–Crippen MR) is 113 cm³/mol. The van der Waals surface area contributed by atoms with Gasteiger partial charge in [0.25, 0.3) is 5.91 Å². The molecule has 0 spiro atoms. The lowest BCUT2D eigenvalue weighted by Gasteiger charge is -2.20. The molecule has 2 amide bonds. The molecule has 150 valence electrons. The van der Waals surface area contributed by atoms with Crippen LogP contribution in [0.4, 0.5) is 11.4 Å². The predicted octanol–water partition coefficient (Wildman–Crippen LogP) is 4.05. The van der Waals surface area contributed by atoms with Crippen LogP contribution >= 0.6 is 0 Å². The molecule has 2 aromatic carbocycles. The molecule has 2 rings (SSSR count). The average Bonchev–Trinajstić information content (AvgIpc) is 2.64. The Morgan fingerprint density at radius 2 is 1.71 bits per heavy atom. The first-order valence-electron chi connectivity index (χ1n) is 9.46. The molecule has 3 N–H and O–H groups in total. The van der Waals surface area contributed by atoms with Crippen LogP contribution in [-0.4, -0.2) is 30.5 Å². The van der Waals surface area contributed by atoms with Crippen molar-refractivity contribution in [3.8, 4) is 5.75 Å². The van der Waals surface area contributed by atoms with Gasteiger partial charge in [0.15, 0.2) is 0 Å². The second-order valence-electron chi connectivity index (χ2n) is 7.56. The van der Waals surface area contributed by atoms with Crippen molar-refractivity contribution in [2.45, 2.75) is 39.7 Å². The van der Waals surface area contributed by atoms with E-state index in [0.717, 1.165) is 17.9 Å². The van der Waals surface area contributed by atoms with E-state index in [1.165, 1.54) is 0 Å². The Hall–Kier alpha value is -3.02. The van der Waals surface area contributed by atoms with Crippen LogP contribution < -0.4 is 20.7 Å². The number of anilines is 2. The summed E-state index contributed by atoms with van der Waals surface area (Å²) in [7, 11) is 0. The first kappa shape index (κ1) is 21.3. The third-order valence-electron chi connectivity index (χ3n) is 3.68. The number of carbonyl (C=O) groups is 2. The highest BCUT2D eigenvalue weighted by molar-refractivity contribution is 5.95. The minimum Gasteiger partial charge on any atom is -0.494 e. The van der Waals surface area contributed by atoms with Gasteiger partial charge in [0.1, 0.15) is 5.75 Å². The summed E-state index contributed by atoms with van der Waals surface area (Å²) in [5.74, 6) is 0.445. The van der Waals surface area contributed by atoms with Gasteiger partial charge in [-0.2, -0.15) is 0 Å². The molecule has 0 unspecified atom stereocenters. The molecule has 2 aromatic rings. The molecule has 0 saturated heterocycles. The topological polar surface area (TPSA) is 79.5 Å². The van der Waals surface area contributed by atoms with Crippen molar-refractivity contribution in [3.63, 3.8) is 0 Å². The van der Waals surface area contributed by atoms with Crippen molar-refractivity contribution < 1.29 is 14.3 Å². The maximum atomic E-state index is 12.2. The lowest BCUT2D eigenvalue weighted by molar-refractivity contribution is -0.114. The minimum absolute atomic E-state index is 0.119. The van der Waals surface area contributed by atoms with Crippen LogP contribution in [0.1, 0.15) is 44.5 Å². The van der Waals surface area contributed by atoms with Crippen LogP contribution in [-0.2, 0) is 4.79 Å². The molecule has 28 heavy (non-hydrogen) atoms. The number of rotatable bonds is 8. The standard InChI is InChI=1S/C22H29N3O3/c1-5-13-28-19-8-6-7-18(14-19)24-20(26)15-23-17-11-9-16(10-12-17)21(27)25-22(2,3)4/h6-12,14,23H,5,13,15H2,1-4H3,(H,24,26)(H,25,27). The molecular weight excluding hydrogens is 354 g/mol. The van der Waals surface area contributed by atoms with Gasteiger partial charge in [-0.15, -0.1) is 0 Å². The summed E-state index contributed by atoms with van der Waals surface area (Å²) >= 11 is 0. The van der Waals surface area contributed by atoms with Crippen molar-refractivity contribution in [3.05, 3.63) is 54.1 Å². The second-order valence-corrected chi connectivity index (χ2v) is 7.56. The van der Waals surface area contributed by atoms with E-state index in [0.29, 0.717) is 17.9 Å². The Bertz CT molecular complexity index is 795. The first-order valence-corrected chi connectivity index (χ1v) is 9.46. The van der Waals surface area contributed by atoms with Crippen molar-refractivity contribution >= 4 is 23.2 Å². The zero-order chi connectivity index (χ0) is 20.6. The van der Waals surface area contributed by atoms with Crippen LogP contribution in [0.15, 0.2) is 48.5 Å². The molecular formula is C22H29N3O3. The maximum absolute atomic E-state index is 12.2. The van der Waals surface area contributed by atoms with Gasteiger partial charge in [-0.25, -0.2) is 0 Å². The Morgan fingerprint density at radius 1 is 1.00 bits per heavy atom. The molecule has 6 nitrogen and oxygen atoms in total. The Morgan fingerprint density at radius 3 is 2.36 bits per heavy atom. The number of hydrogen-bond donors (Lipinski definition) is 3. The van der Waals surface area contributed by atoms with E-state index in [1.807, 2.05) is 45.9 Å². The van der Waals surface area contributed by atoms with Gasteiger partial charge in [-0.3, -0.25) is 9.59 Å². The van der Waals surface area contributed by atoms with Gasteiger partial charge in [0.2, 0.25) is 5.91 Å². The summed E-state index contributed by atoms with van der Waals surface area (Å²) in [5, 5.41) is 8.81. The lowest BCUT2D eigenvalue weighted by Crippen LogP contribution is -2.40. The molecule has 0 atom stereocenters. The largest absolute Gasteiger partial charge is 0.494 e. The monoisotopic (exact) mass is 383 g/mol. The van der Waals surface area contributed by atoms with E-state index < -0.39 is 0 Å². The highest BCUT2D eigenvalue weighted by Gasteiger charge is 2.15. The van der Waals surface area contributed by atoms with E-state index in [2.05, 4.69) is 16.0 Å². The normalized spacial score (nSPS) is 10.9. The smallest absolute Gasteiger partial charge is 0.251 e. The van der Waals surface area contributed by atoms with Crippen molar-refractivity contribution in [1.29, 1.82) is 0 Å². The van der Waals surface area contributed by atoms with Gasteiger partial charge >= 0.3 is 0 Å². The second kappa shape index (κ2) is 9.78. The average molecular weight is 383 g/mol. The number of benzene rings is 2. The minimum atomic E-state index is -0.287. The molecule has 0 bridgehead atoms. The van der Waals surface area contributed by atoms with Crippen LogP contribution in [0.25, 0.3) is 0 Å². The van der Waals surface area contributed by atoms with Crippen LogP contribution in [0.3, 0.4) is 0 Å². The molecule has 0 radical (unpaired) electrons. The molecule has 0 saturated carbocycles. The van der Waals surface area contributed by atoms with Crippen LogP contribution in [0, 0.1) is 0 Å². The van der Waals surface area contributed by atoms with Gasteiger partial charge < -0.3 is 20.7 Å². The van der Waals surface area contributed by atoms with E-state index in [1.54, 1.807) is 30.3 Å². The van der Waals surface area contributed by atoms with Gasteiger partial charge in [0.05, 0.1) is 13.2 Å². The van der Waals surface area contributed by atoms with Gasteiger partial charge in [-0.05, 0) is 63.6 Å². The van der Waals surface area contributed by atoms with Crippen LogP contribution in [0.2, 0.25) is 0 Å². The SMILES string of the molecule is CCCOc1cccc(NC(=O)CNc2ccc(C(=O)NC(C)(C)C)cc2)c1. The molecule has 0 fully saturated rings. The molecule has 0 aliphatic rings. The number of ether oxygens (including phenoxy) is 1.